The molecule has 0 fully saturated rings. The molecule has 0 unspecified atom stereocenters. The Bertz CT molecular complexity index is 876. The summed E-state index contributed by atoms with van der Waals surface area (Å²) in [6.45, 7) is 4.25. The van der Waals surface area contributed by atoms with Crippen molar-refractivity contribution in [2.75, 3.05) is 13.1 Å². The SMILES string of the molecule is Cc1ccc(COc2ccccc2C(=O)N(CCCN)Cc2cccs2)cc1. The summed E-state index contributed by atoms with van der Waals surface area (Å²) in [5.74, 6) is 0.582. The van der Waals surface area contributed by atoms with Gasteiger partial charge < -0.3 is 15.4 Å². The van der Waals surface area contributed by atoms with Gasteiger partial charge in [-0.2, -0.15) is 0 Å². The number of ether oxygens (including phenoxy) is 1. The normalized spacial score (nSPS) is 10.6. The molecule has 1 amide bonds. The van der Waals surface area contributed by atoms with Crippen LogP contribution in [0.25, 0.3) is 0 Å². The van der Waals surface area contributed by atoms with Crippen molar-refractivity contribution in [2.45, 2.75) is 26.5 Å². The molecule has 0 aliphatic rings. The van der Waals surface area contributed by atoms with Gasteiger partial charge in [0.1, 0.15) is 12.4 Å². The average molecular weight is 395 g/mol. The van der Waals surface area contributed by atoms with E-state index in [-0.39, 0.29) is 5.91 Å². The fraction of sp³-hybridized carbons (Fsp3) is 0.261. The summed E-state index contributed by atoms with van der Waals surface area (Å²) in [5, 5.41) is 2.03. The van der Waals surface area contributed by atoms with Gasteiger partial charge >= 0.3 is 0 Å². The smallest absolute Gasteiger partial charge is 0.257 e. The van der Waals surface area contributed by atoms with Gasteiger partial charge in [0.25, 0.3) is 5.91 Å². The van der Waals surface area contributed by atoms with Crippen molar-refractivity contribution in [3.05, 3.63) is 87.6 Å². The second-order valence-corrected chi connectivity index (χ2v) is 7.75. The van der Waals surface area contributed by atoms with Crippen LogP contribution in [0.1, 0.15) is 32.8 Å². The van der Waals surface area contributed by atoms with Crippen molar-refractivity contribution in [1.29, 1.82) is 0 Å². The van der Waals surface area contributed by atoms with E-state index in [1.165, 1.54) is 5.56 Å². The maximum Gasteiger partial charge on any atom is 0.257 e. The number of carbonyl (C=O) groups is 1. The van der Waals surface area contributed by atoms with Gasteiger partial charge in [-0.15, -0.1) is 11.3 Å². The third-order valence-corrected chi connectivity index (χ3v) is 5.34. The van der Waals surface area contributed by atoms with Crippen LogP contribution in [0.3, 0.4) is 0 Å². The number of nitrogens with zero attached hydrogens (tertiary/aromatic N) is 1. The van der Waals surface area contributed by atoms with E-state index >= 15 is 0 Å². The maximum atomic E-state index is 13.3. The molecule has 0 bridgehead atoms. The number of hydrogen-bond donors (Lipinski definition) is 1. The summed E-state index contributed by atoms with van der Waals surface area (Å²) in [5.41, 5.74) is 8.55. The second kappa shape index (κ2) is 10.1. The molecular weight excluding hydrogens is 368 g/mol. The fourth-order valence-electron chi connectivity index (χ4n) is 2.91. The summed E-state index contributed by atoms with van der Waals surface area (Å²) in [4.78, 5) is 16.3. The van der Waals surface area contributed by atoms with Crippen LogP contribution in [-0.4, -0.2) is 23.9 Å². The number of carbonyl (C=O) groups excluding carboxylic acids is 1. The number of hydrogen-bond acceptors (Lipinski definition) is 4. The van der Waals surface area contributed by atoms with Crippen LogP contribution < -0.4 is 10.5 Å². The van der Waals surface area contributed by atoms with Crippen molar-refractivity contribution in [2.24, 2.45) is 5.73 Å². The molecule has 4 nitrogen and oxygen atoms in total. The minimum absolute atomic E-state index is 0.0265. The number of benzene rings is 2. The molecular formula is C23H26N2O2S. The number of amides is 1. The van der Waals surface area contributed by atoms with Crippen molar-refractivity contribution in [3.63, 3.8) is 0 Å². The molecule has 1 aromatic heterocycles. The van der Waals surface area contributed by atoms with Crippen LogP contribution in [-0.2, 0) is 13.2 Å². The number of para-hydroxylation sites is 1. The van der Waals surface area contributed by atoms with Crippen molar-refractivity contribution in [3.8, 4) is 5.75 Å². The van der Waals surface area contributed by atoms with E-state index in [0.717, 1.165) is 16.9 Å². The Balaban J connectivity index is 1.76. The summed E-state index contributed by atoms with van der Waals surface area (Å²) in [7, 11) is 0. The lowest BCUT2D eigenvalue weighted by molar-refractivity contribution is 0.0739. The standard InChI is InChI=1S/C23H26N2O2S/c1-18-9-11-19(12-10-18)17-27-22-8-3-2-7-21(22)23(26)25(14-5-13-24)16-20-6-4-15-28-20/h2-4,6-12,15H,5,13-14,16-17,24H2,1H3. The molecule has 28 heavy (non-hydrogen) atoms. The van der Waals surface area contributed by atoms with Crippen LogP contribution in [0.5, 0.6) is 5.75 Å². The highest BCUT2D eigenvalue weighted by Gasteiger charge is 2.20. The monoisotopic (exact) mass is 394 g/mol. The quantitative estimate of drug-likeness (QED) is 0.576. The Kier molecular flexibility index (Phi) is 7.23. The highest BCUT2D eigenvalue weighted by Crippen LogP contribution is 2.23. The average Bonchev–Trinajstić information content (AvgIpc) is 3.23. The maximum absolute atomic E-state index is 13.3. The molecule has 0 saturated carbocycles. The third kappa shape index (κ3) is 5.44. The van der Waals surface area contributed by atoms with Crippen LogP contribution in [0, 0.1) is 6.92 Å². The minimum Gasteiger partial charge on any atom is -0.488 e. The predicted molar refractivity (Wildman–Crippen MR) is 115 cm³/mol. The molecule has 1 heterocycles. The molecule has 0 radical (unpaired) electrons. The van der Waals surface area contributed by atoms with Gasteiger partial charge in [-0.25, -0.2) is 0 Å². The number of nitrogens with two attached hydrogens (primary N) is 1. The first-order valence-corrected chi connectivity index (χ1v) is 10.3. The van der Waals surface area contributed by atoms with E-state index < -0.39 is 0 Å². The Morgan fingerprint density at radius 3 is 2.57 bits per heavy atom. The van der Waals surface area contributed by atoms with Gasteiger partial charge in [-0.05, 0) is 49.0 Å². The zero-order valence-corrected chi connectivity index (χ0v) is 17.0. The van der Waals surface area contributed by atoms with E-state index in [1.807, 2.05) is 58.8 Å². The summed E-state index contributed by atoms with van der Waals surface area (Å²) < 4.78 is 6.00. The lowest BCUT2D eigenvalue weighted by Gasteiger charge is -2.23. The first-order valence-electron chi connectivity index (χ1n) is 9.46. The molecule has 3 aromatic rings. The summed E-state index contributed by atoms with van der Waals surface area (Å²) in [6.07, 6.45) is 0.767. The fourth-order valence-corrected chi connectivity index (χ4v) is 3.63. The Labute approximate surface area is 170 Å². The molecule has 2 N–H and O–H groups in total. The van der Waals surface area contributed by atoms with E-state index in [9.17, 15) is 4.79 Å². The Morgan fingerprint density at radius 2 is 1.86 bits per heavy atom. The molecule has 0 aliphatic carbocycles. The first kappa shape index (κ1) is 20.1. The largest absolute Gasteiger partial charge is 0.488 e. The third-order valence-electron chi connectivity index (χ3n) is 4.48. The summed E-state index contributed by atoms with van der Waals surface area (Å²) in [6, 6.07) is 19.7. The zero-order chi connectivity index (χ0) is 19.8. The van der Waals surface area contributed by atoms with E-state index in [2.05, 4.69) is 19.1 Å². The lowest BCUT2D eigenvalue weighted by Crippen LogP contribution is -2.32. The molecule has 2 aromatic carbocycles. The molecule has 0 aliphatic heterocycles. The van der Waals surface area contributed by atoms with Crippen molar-refractivity contribution < 1.29 is 9.53 Å². The summed E-state index contributed by atoms with van der Waals surface area (Å²) >= 11 is 1.65. The van der Waals surface area contributed by atoms with Crippen molar-refractivity contribution in [1.82, 2.24) is 4.90 Å². The van der Waals surface area contributed by atoms with Crippen LogP contribution in [0.4, 0.5) is 0 Å². The second-order valence-electron chi connectivity index (χ2n) is 6.72. The van der Waals surface area contributed by atoms with Crippen molar-refractivity contribution >= 4 is 17.2 Å². The van der Waals surface area contributed by atoms with Crippen LogP contribution in [0.2, 0.25) is 0 Å². The van der Waals surface area contributed by atoms with Gasteiger partial charge in [0.05, 0.1) is 12.1 Å². The number of aryl methyl sites for hydroxylation is 1. The van der Waals surface area contributed by atoms with E-state index in [0.29, 0.717) is 37.6 Å². The molecule has 5 heteroatoms. The highest BCUT2D eigenvalue weighted by atomic mass is 32.1. The zero-order valence-electron chi connectivity index (χ0n) is 16.1. The first-order chi connectivity index (χ1) is 13.7. The van der Waals surface area contributed by atoms with E-state index in [1.54, 1.807) is 11.3 Å². The van der Waals surface area contributed by atoms with E-state index in [4.69, 9.17) is 10.5 Å². The van der Waals surface area contributed by atoms with Crippen LogP contribution >= 0.6 is 11.3 Å². The lowest BCUT2D eigenvalue weighted by atomic mass is 10.1. The highest BCUT2D eigenvalue weighted by molar-refractivity contribution is 7.09. The van der Waals surface area contributed by atoms with Gasteiger partial charge in [-0.3, -0.25) is 4.79 Å². The topological polar surface area (TPSA) is 55.6 Å². The van der Waals surface area contributed by atoms with Gasteiger partial charge in [0.15, 0.2) is 0 Å². The Morgan fingerprint density at radius 1 is 1.07 bits per heavy atom. The number of rotatable bonds is 9. The van der Waals surface area contributed by atoms with Crippen LogP contribution in [0.15, 0.2) is 66.0 Å². The van der Waals surface area contributed by atoms with Gasteiger partial charge in [0.2, 0.25) is 0 Å². The molecule has 146 valence electrons. The van der Waals surface area contributed by atoms with Gasteiger partial charge in [-0.1, -0.05) is 48.0 Å². The molecule has 0 spiro atoms. The predicted octanol–water partition coefficient (Wildman–Crippen LogP) is 4.63. The molecule has 0 atom stereocenters. The number of thiophene rings is 1. The minimum atomic E-state index is -0.0265. The molecule has 0 saturated heterocycles. The Hall–Kier alpha value is -2.63. The molecule has 3 rings (SSSR count). The van der Waals surface area contributed by atoms with Gasteiger partial charge in [0, 0.05) is 11.4 Å².